The summed E-state index contributed by atoms with van der Waals surface area (Å²) in [6.45, 7) is 0. The molecule has 162 valence electrons. The first-order chi connectivity index (χ1) is 16.1. The summed E-state index contributed by atoms with van der Waals surface area (Å²) >= 11 is 3.60. The summed E-state index contributed by atoms with van der Waals surface area (Å²) in [6, 6.07) is 25.0. The lowest BCUT2D eigenvalue weighted by atomic mass is 10.0. The zero-order chi connectivity index (χ0) is 22.8. The van der Waals surface area contributed by atoms with Gasteiger partial charge in [0.05, 0.1) is 7.11 Å². The summed E-state index contributed by atoms with van der Waals surface area (Å²) in [7, 11) is 1.62. The Kier molecular flexibility index (Phi) is 5.67. The Labute approximate surface area is 198 Å². The van der Waals surface area contributed by atoms with Crippen LogP contribution < -0.4 is 10.1 Å². The fourth-order valence-corrected chi connectivity index (χ4v) is 4.15. The molecular formula is C27H19BrN2O3. The van der Waals surface area contributed by atoms with Crippen LogP contribution in [-0.2, 0) is 4.79 Å². The van der Waals surface area contributed by atoms with Crippen LogP contribution in [0.15, 0.2) is 93.8 Å². The summed E-state index contributed by atoms with van der Waals surface area (Å²) in [5.41, 5.74) is 3.80. The predicted octanol–water partition coefficient (Wildman–Crippen LogP) is 7.07. The molecule has 4 aromatic carbocycles. The van der Waals surface area contributed by atoms with E-state index in [2.05, 4.69) is 32.3 Å². The zero-order valence-corrected chi connectivity index (χ0v) is 19.3. The number of aromatic nitrogens is 1. The van der Waals surface area contributed by atoms with E-state index in [4.69, 9.17) is 9.15 Å². The Morgan fingerprint density at radius 2 is 1.79 bits per heavy atom. The van der Waals surface area contributed by atoms with Crippen LogP contribution in [0.3, 0.4) is 0 Å². The van der Waals surface area contributed by atoms with E-state index < -0.39 is 0 Å². The SMILES string of the molecule is COc1ccc(C=CC(=O)Nc2ccc3oc(-c4cccc5c(Br)cccc45)nc3c2)cc1. The average molecular weight is 499 g/mol. The van der Waals surface area contributed by atoms with Crippen LogP contribution >= 0.6 is 15.9 Å². The number of halogens is 1. The first-order valence-electron chi connectivity index (χ1n) is 10.3. The molecule has 0 aliphatic rings. The van der Waals surface area contributed by atoms with E-state index >= 15 is 0 Å². The highest BCUT2D eigenvalue weighted by Crippen LogP contribution is 2.34. The van der Waals surface area contributed by atoms with E-state index in [0.29, 0.717) is 22.7 Å². The number of methoxy groups -OCH3 is 1. The van der Waals surface area contributed by atoms with Crippen molar-refractivity contribution in [3.05, 3.63) is 95.0 Å². The lowest BCUT2D eigenvalue weighted by Crippen LogP contribution is -2.07. The van der Waals surface area contributed by atoms with E-state index in [1.165, 1.54) is 6.08 Å². The number of ether oxygens (including phenoxy) is 1. The summed E-state index contributed by atoms with van der Waals surface area (Å²) < 4.78 is 12.2. The quantitative estimate of drug-likeness (QED) is 0.263. The van der Waals surface area contributed by atoms with Gasteiger partial charge in [-0.15, -0.1) is 0 Å². The molecule has 0 atom stereocenters. The highest BCUT2D eigenvalue weighted by atomic mass is 79.9. The summed E-state index contributed by atoms with van der Waals surface area (Å²) in [5.74, 6) is 1.08. The molecule has 5 nitrogen and oxygen atoms in total. The van der Waals surface area contributed by atoms with Gasteiger partial charge in [-0.2, -0.15) is 0 Å². The number of rotatable bonds is 5. The summed E-state index contributed by atoms with van der Waals surface area (Å²) in [6.07, 6.45) is 3.24. The average Bonchev–Trinajstić information content (AvgIpc) is 3.26. The normalized spacial score (nSPS) is 11.3. The smallest absolute Gasteiger partial charge is 0.248 e. The molecule has 6 heteroatoms. The summed E-state index contributed by atoms with van der Waals surface area (Å²) in [4.78, 5) is 17.1. The number of anilines is 1. The van der Waals surface area contributed by atoms with Crippen molar-refractivity contribution in [2.24, 2.45) is 0 Å². The fourth-order valence-electron chi connectivity index (χ4n) is 3.65. The van der Waals surface area contributed by atoms with Crippen LogP contribution in [0.2, 0.25) is 0 Å². The van der Waals surface area contributed by atoms with Crippen LogP contribution in [0.4, 0.5) is 5.69 Å². The largest absolute Gasteiger partial charge is 0.497 e. The second kappa shape index (κ2) is 8.92. The molecule has 1 N–H and O–H groups in total. The third-order valence-electron chi connectivity index (χ3n) is 5.30. The standard InChI is InChI=1S/C27H19BrN2O3/c1-32-19-12-8-17(9-13-19)10-15-26(31)29-18-11-14-25-24(16-18)30-27(33-25)22-6-2-5-21-20(22)4-3-7-23(21)28/h2-16H,1H3,(H,29,31). The number of hydrogen-bond donors (Lipinski definition) is 1. The highest BCUT2D eigenvalue weighted by Gasteiger charge is 2.13. The Hall–Kier alpha value is -3.90. The van der Waals surface area contributed by atoms with Crippen molar-refractivity contribution in [2.75, 3.05) is 12.4 Å². The Bertz CT molecular complexity index is 1500. The van der Waals surface area contributed by atoms with Gasteiger partial charge < -0.3 is 14.5 Å². The van der Waals surface area contributed by atoms with Crippen molar-refractivity contribution >= 4 is 55.5 Å². The molecule has 0 saturated heterocycles. The molecule has 0 fully saturated rings. The number of nitrogens with one attached hydrogen (secondary N) is 1. The molecule has 0 saturated carbocycles. The minimum atomic E-state index is -0.229. The van der Waals surface area contributed by atoms with Crippen molar-refractivity contribution < 1.29 is 13.9 Å². The molecule has 5 aromatic rings. The lowest BCUT2D eigenvalue weighted by Gasteiger charge is -2.04. The summed E-state index contributed by atoms with van der Waals surface area (Å²) in [5, 5.41) is 5.02. The van der Waals surface area contributed by atoms with E-state index in [1.807, 2.05) is 66.7 Å². The Morgan fingerprint density at radius 1 is 1.00 bits per heavy atom. The molecule has 0 unspecified atom stereocenters. The topological polar surface area (TPSA) is 64.4 Å². The van der Waals surface area contributed by atoms with Gasteiger partial charge in [0.15, 0.2) is 5.58 Å². The minimum Gasteiger partial charge on any atom is -0.497 e. The molecule has 5 rings (SSSR count). The van der Waals surface area contributed by atoms with Gasteiger partial charge >= 0.3 is 0 Å². The molecule has 0 radical (unpaired) electrons. The van der Waals surface area contributed by atoms with Crippen molar-refractivity contribution in [3.8, 4) is 17.2 Å². The molecule has 1 heterocycles. The second-order valence-corrected chi connectivity index (χ2v) is 8.29. The number of nitrogens with zero attached hydrogens (tertiary/aromatic N) is 1. The van der Waals surface area contributed by atoms with Gasteiger partial charge in [0.2, 0.25) is 11.8 Å². The maximum absolute atomic E-state index is 12.4. The second-order valence-electron chi connectivity index (χ2n) is 7.44. The molecule has 33 heavy (non-hydrogen) atoms. The third-order valence-corrected chi connectivity index (χ3v) is 5.99. The van der Waals surface area contributed by atoms with Gasteiger partial charge in [-0.25, -0.2) is 4.98 Å². The number of hydrogen-bond acceptors (Lipinski definition) is 4. The number of carbonyl (C=O) groups is 1. The van der Waals surface area contributed by atoms with Crippen LogP contribution in [0.5, 0.6) is 5.75 Å². The van der Waals surface area contributed by atoms with Gasteiger partial charge in [0, 0.05) is 21.8 Å². The van der Waals surface area contributed by atoms with Crippen LogP contribution in [0, 0.1) is 0 Å². The monoisotopic (exact) mass is 498 g/mol. The van der Waals surface area contributed by atoms with Crippen molar-refractivity contribution in [1.82, 2.24) is 4.98 Å². The molecule has 0 aliphatic heterocycles. The Balaban J connectivity index is 1.38. The van der Waals surface area contributed by atoms with E-state index in [9.17, 15) is 4.79 Å². The van der Waals surface area contributed by atoms with Gasteiger partial charge in [0.25, 0.3) is 0 Å². The highest BCUT2D eigenvalue weighted by molar-refractivity contribution is 9.10. The maximum atomic E-state index is 12.4. The van der Waals surface area contributed by atoms with E-state index in [1.54, 1.807) is 19.3 Å². The number of benzene rings is 4. The molecule has 0 aliphatic carbocycles. The fraction of sp³-hybridized carbons (Fsp3) is 0.0370. The predicted molar refractivity (Wildman–Crippen MR) is 135 cm³/mol. The molecule has 0 spiro atoms. The Morgan fingerprint density at radius 3 is 2.61 bits per heavy atom. The van der Waals surface area contributed by atoms with Crippen molar-refractivity contribution in [2.45, 2.75) is 0 Å². The molecule has 0 bridgehead atoms. The first-order valence-corrected chi connectivity index (χ1v) is 11.1. The van der Waals surface area contributed by atoms with Gasteiger partial charge in [-0.05, 0) is 64.9 Å². The van der Waals surface area contributed by atoms with Crippen molar-refractivity contribution in [1.29, 1.82) is 0 Å². The van der Waals surface area contributed by atoms with Crippen LogP contribution in [0.1, 0.15) is 5.56 Å². The van der Waals surface area contributed by atoms with Gasteiger partial charge in [-0.3, -0.25) is 4.79 Å². The van der Waals surface area contributed by atoms with Crippen LogP contribution in [0.25, 0.3) is 39.4 Å². The number of amides is 1. The van der Waals surface area contributed by atoms with Gasteiger partial charge in [-0.1, -0.05) is 52.3 Å². The van der Waals surface area contributed by atoms with Crippen molar-refractivity contribution in [3.63, 3.8) is 0 Å². The van der Waals surface area contributed by atoms with Crippen LogP contribution in [-0.4, -0.2) is 18.0 Å². The molecule has 1 aromatic heterocycles. The molecular weight excluding hydrogens is 480 g/mol. The zero-order valence-electron chi connectivity index (χ0n) is 17.7. The van der Waals surface area contributed by atoms with Gasteiger partial charge in [0.1, 0.15) is 11.3 Å². The maximum Gasteiger partial charge on any atom is 0.248 e. The third kappa shape index (κ3) is 4.38. The minimum absolute atomic E-state index is 0.229. The molecule has 1 amide bonds. The number of fused-ring (bicyclic) bond motifs is 2. The van der Waals surface area contributed by atoms with E-state index in [0.717, 1.165) is 32.1 Å². The number of carbonyl (C=O) groups excluding carboxylic acids is 1. The van der Waals surface area contributed by atoms with E-state index in [-0.39, 0.29) is 5.91 Å². The number of oxazole rings is 1. The lowest BCUT2D eigenvalue weighted by molar-refractivity contribution is -0.111. The first kappa shape index (κ1) is 21.0.